The van der Waals surface area contributed by atoms with Crippen LogP contribution in [0.25, 0.3) is 0 Å². The van der Waals surface area contributed by atoms with Crippen LogP contribution in [-0.4, -0.2) is 22.1 Å². The number of carboxylic acid groups (broad SMARTS) is 1. The summed E-state index contributed by atoms with van der Waals surface area (Å²) in [7, 11) is 0. The third kappa shape index (κ3) is 3.77. The molecule has 1 aliphatic carbocycles. The second kappa shape index (κ2) is 6.24. The molecule has 0 spiro atoms. The maximum atomic E-state index is 12.1. The Morgan fingerprint density at radius 1 is 1.35 bits per heavy atom. The van der Waals surface area contributed by atoms with E-state index in [1.54, 1.807) is 25.1 Å². The largest absolute Gasteiger partial charge is 0.481 e. The summed E-state index contributed by atoms with van der Waals surface area (Å²) >= 11 is 0. The average molecular weight is 314 g/mol. The van der Waals surface area contributed by atoms with Gasteiger partial charge in [-0.15, -0.1) is 0 Å². The van der Waals surface area contributed by atoms with E-state index in [0.717, 1.165) is 24.1 Å². The van der Waals surface area contributed by atoms with Crippen LogP contribution in [0.3, 0.4) is 0 Å². The second-order valence-corrected chi connectivity index (χ2v) is 5.98. The molecule has 0 unspecified atom stereocenters. The minimum atomic E-state index is -0.820. The molecule has 1 atom stereocenters. The van der Waals surface area contributed by atoms with Crippen LogP contribution in [-0.2, 0) is 11.2 Å². The first-order valence-corrected chi connectivity index (χ1v) is 7.62. The fourth-order valence-corrected chi connectivity index (χ4v) is 2.33. The molecule has 0 radical (unpaired) electrons. The highest BCUT2D eigenvalue weighted by Gasteiger charge is 2.28. The van der Waals surface area contributed by atoms with Crippen molar-refractivity contribution in [2.45, 2.75) is 32.1 Å². The lowest BCUT2D eigenvalue weighted by atomic mass is 10.0. The quantitative estimate of drug-likeness (QED) is 0.855. The van der Waals surface area contributed by atoms with Gasteiger partial charge in [0.05, 0.1) is 11.6 Å². The number of carbonyl (C=O) groups excluding carboxylic acids is 1. The molecule has 0 saturated heterocycles. The van der Waals surface area contributed by atoms with Crippen LogP contribution in [0.4, 0.5) is 5.69 Å². The lowest BCUT2D eigenvalue weighted by Gasteiger charge is -2.07. The van der Waals surface area contributed by atoms with Crippen LogP contribution in [0, 0.1) is 5.92 Å². The number of carboxylic acids is 1. The summed E-state index contributed by atoms with van der Waals surface area (Å²) in [6.07, 6.45) is 2.66. The first kappa shape index (κ1) is 15.3. The van der Waals surface area contributed by atoms with Crippen LogP contribution in [0.1, 0.15) is 47.5 Å². The number of nitrogens with one attached hydrogen (secondary N) is 1. The predicted molar refractivity (Wildman–Crippen MR) is 83.4 cm³/mol. The Labute approximate surface area is 133 Å². The summed E-state index contributed by atoms with van der Waals surface area (Å²) in [5, 5.41) is 15.6. The number of rotatable bonds is 6. The first-order valence-electron chi connectivity index (χ1n) is 7.62. The van der Waals surface area contributed by atoms with Crippen LogP contribution in [0.15, 0.2) is 34.9 Å². The number of carbonyl (C=O) groups is 2. The van der Waals surface area contributed by atoms with E-state index in [-0.39, 0.29) is 11.7 Å². The van der Waals surface area contributed by atoms with E-state index in [4.69, 9.17) is 9.63 Å². The maximum Gasteiger partial charge on any atom is 0.306 e. The molecule has 1 fully saturated rings. The molecule has 2 N–H and O–H groups in total. The Bertz CT molecular complexity index is 716. The molecule has 1 aliphatic rings. The van der Waals surface area contributed by atoms with Crippen LogP contribution in [0.2, 0.25) is 0 Å². The zero-order chi connectivity index (χ0) is 16.4. The van der Waals surface area contributed by atoms with Crippen molar-refractivity contribution in [2.24, 2.45) is 5.92 Å². The fraction of sp³-hybridized carbons (Fsp3) is 0.353. The third-order valence-electron chi connectivity index (χ3n) is 3.92. The van der Waals surface area contributed by atoms with Gasteiger partial charge in [-0.2, -0.15) is 0 Å². The molecule has 1 amide bonds. The van der Waals surface area contributed by atoms with Gasteiger partial charge in [-0.05, 0) is 37.0 Å². The van der Waals surface area contributed by atoms with Gasteiger partial charge < -0.3 is 14.9 Å². The molecule has 3 rings (SSSR count). The molecule has 1 aromatic carbocycles. The van der Waals surface area contributed by atoms with E-state index < -0.39 is 11.9 Å². The normalized spacial score (nSPS) is 15.2. The summed E-state index contributed by atoms with van der Waals surface area (Å²) in [5.41, 5.74) is 2.38. The van der Waals surface area contributed by atoms with Crippen molar-refractivity contribution in [2.75, 3.05) is 5.32 Å². The highest BCUT2D eigenvalue weighted by Crippen LogP contribution is 2.39. The first-order chi connectivity index (χ1) is 11.0. The van der Waals surface area contributed by atoms with Crippen molar-refractivity contribution in [3.8, 4) is 0 Å². The number of benzene rings is 1. The number of hydrogen-bond donors (Lipinski definition) is 2. The summed E-state index contributed by atoms with van der Waals surface area (Å²) in [5.74, 6) is -0.952. The monoisotopic (exact) mass is 314 g/mol. The van der Waals surface area contributed by atoms with Gasteiger partial charge in [-0.3, -0.25) is 9.59 Å². The lowest BCUT2D eigenvalue weighted by molar-refractivity contribution is -0.141. The van der Waals surface area contributed by atoms with E-state index in [1.165, 1.54) is 0 Å². The van der Waals surface area contributed by atoms with Gasteiger partial charge in [0.25, 0.3) is 5.91 Å². The molecule has 1 heterocycles. The van der Waals surface area contributed by atoms with Gasteiger partial charge in [-0.25, -0.2) is 0 Å². The second-order valence-electron chi connectivity index (χ2n) is 5.98. The molecule has 1 aromatic heterocycles. The Kier molecular flexibility index (Phi) is 4.14. The minimum Gasteiger partial charge on any atom is -0.481 e. The molecule has 0 aliphatic heterocycles. The van der Waals surface area contributed by atoms with E-state index in [0.29, 0.717) is 18.0 Å². The van der Waals surface area contributed by atoms with Crippen molar-refractivity contribution in [1.29, 1.82) is 0 Å². The van der Waals surface area contributed by atoms with E-state index in [9.17, 15) is 9.59 Å². The summed E-state index contributed by atoms with van der Waals surface area (Å²) in [4.78, 5) is 23.0. The summed E-state index contributed by atoms with van der Waals surface area (Å²) in [6.45, 7) is 1.67. The zero-order valence-electron chi connectivity index (χ0n) is 12.8. The molecule has 120 valence electrons. The highest BCUT2D eigenvalue weighted by molar-refractivity contribution is 6.02. The smallest absolute Gasteiger partial charge is 0.306 e. The molecule has 1 saturated carbocycles. The van der Waals surface area contributed by atoms with Crippen LogP contribution < -0.4 is 5.32 Å². The molecular weight excluding hydrogens is 296 g/mol. The van der Waals surface area contributed by atoms with Gasteiger partial charge in [-0.1, -0.05) is 24.2 Å². The van der Waals surface area contributed by atoms with Crippen molar-refractivity contribution in [3.05, 3.63) is 47.3 Å². The Morgan fingerprint density at radius 3 is 2.65 bits per heavy atom. The van der Waals surface area contributed by atoms with Gasteiger partial charge >= 0.3 is 5.97 Å². The molecule has 6 nitrogen and oxygen atoms in total. The number of hydrogen-bond acceptors (Lipinski definition) is 4. The van der Waals surface area contributed by atoms with Crippen molar-refractivity contribution in [3.63, 3.8) is 0 Å². The highest BCUT2D eigenvalue weighted by atomic mass is 16.5. The van der Waals surface area contributed by atoms with E-state index in [1.807, 2.05) is 12.1 Å². The standard InChI is InChI=1S/C17H18N2O4/c1-10(17(21)22)8-11-2-6-13(7-3-11)18-16(20)15-9-14(19-23-15)12-4-5-12/h2-3,6-7,9-10,12H,4-5,8H2,1H3,(H,18,20)(H,21,22)/t10-/m0/s1. The van der Waals surface area contributed by atoms with Crippen molar-refractivity contribution >= 4 is 17.6 Å². The zero-order valence-corrected chi connectivity index (χ0v) is 12.8. The van der Waals surface area contributed by atoms with Gasteiger partial charge in [0, 0.05) is 17.7 Å². The van der Waals surface area contributed by atoms with Gasteiger partial charge in [0.2, 0.25) is 5.76 Å². The molecule has 6 heteroatoms. The predicted octanol–water partition coefficient (Wildman–Crippen LogP) is 3.07. The number of aromatic nitrogens is 1. The van der Waals surface area contributed by atoms with E-state index >= 15 is 0 Å². The molecular formula is C17H18N2O4. The molecule has 0 bridgehead atoms. The van der Waals surface area contributed by atoms with Crippen LogP contribution >= 0.6 is 0 Å². The fourth-order valence-electron chi connectivity index (χ4n) is 2.33. The summed E-state index contributed by atoms with van der Waals surface area (Å²) in [6, 6.07) is 8.81. The number of amides is 1. The molecule has 23 heavy (non-hydrogen) atoms. The van der Waals surface area contributed by atoms with Gasteiger partial charge in [0.1, 0.15) is 0 Å². The maximum absolute atomic E-state index is 12.1. The van der Waals surface area contributed by atoms with Crippen molar-refractivity contribution in [1.82, 2.24) is 5.16 Å². The average Bonchev–Trinajstić information content (AvgIpc) is 3.26. The Hall–Kier alpha value is -2.63. The number of aliphatic carboxylic acids is 1. The number of nitrogens with zero attached hydrogens (tertiary/aromatic N) is 1. The lowest BCUT2D eigenvalue weighted by Crippen LogP contribution is -2.13. The van der Waals surface area contributed by atoms with Gasteiger partial charge in [0.15, 0.2) is 0 Å². The third-order valence-corrected chi connectivity index (χ3v) is 3.92. The van der Waals surface area contributed by atoms with E-state index in [2.05, 4.69) is 10.5 Å². The summed E-state index contributed by atoms with van der Waals surface area (Å²) < 4.78 is 5.08. The Balaban J connectivity index is 1.60. The Morgan fingerprint density at radius 2 is 2.04 bits per heavy atom. The van der Waals surface area contributed by atoms with Crippen LogP contribution in [0.5, 0.6) is 0 Å². The number of anilines is 1. The topological polar surface area (TPSA) is 92.4 Å². The molecule has 2 aromatic rings. The van der Waals surface area contributed by atoms with Crippen molar-refractivity contribution < 1.29 is 19.2 Å². The SMILES string of the molecule is C[C@@H](Cc1ccc(NC(=O)c2cc(C3CC3)no2)cc1)C(=O)O. The minimum absolute atomic E-state index is 0.204.